The number of ketones is 1. The van der Waals surface area contributed by atoms with Crippen molar-refractivity contribution in [1.29, 1.82) is 0 Å². The maximum Gasteiger partial charge on any atom is 0.182 e. The number of Topliss-reactive ketones (excluding diaryl/α,β-unsaturated/α-hetero) is 1. The van der Waals surface area contributed by atoms with Crippen molar-refractivity contribution in [2.24, 2.45) is 0 Å². The number of aromatic nitrogens is 1. The van der Waals surface area contributed by atoms with Gasteiger partial charge < -0.3 is 14.0 Å². The van der Waals surface area contributed by atoms with Crippen LogP contribution in [-0.4, -0.2) is 23.6 Å². The zero-order valence-corrected chi connectivity index (χ0v) is 15.6. The van der Waals surface area contributed by atoms with Crippen LogP contribution in [0, 0.1) is 13.8 Å². The predicted octanol–water partition coefficient (Wildman–Crippen LogP) is 3.68. The highest BCUT2D eigenvalue weighted by atomic mass is 16.5. The highest BCUT2D eigenvalue weighted by Crippen LogP contribution is 2.32. The van der Waals surface area contributed by atoms with Crippen LogP contribution in [0.15, 0.2) is 35.1 Å². The summed E-state index contributed by atoms with van der Waals surface area (Å²) in [5, 5.41) is 0. The normalized spacial score (nSPS) is 14.4. The maximum absolute atomic E-state index is 12.8. The fourth-order valence-electron chi connectivity index (χ4n) is 3.50. The van der Waals surface area contributed by atoms with E-state index in [0.29, 0.717) is 17.1 Å². The number of pyridine rings is 1. The smallest absolute Gasteiger partial charge is 0.182 e. The van der Waals surface area contributed by atoms with Gasteiger partial charge in [-0.15, -0.1) is 0 Å². The number of ether oxygens (including phenoxy) is 2. The molecule has 0 saturated heterocycles. The second-order valence-electron chi connectivity index (χ2n) is 6.87. The predicted molar refractivity (Wildman–Crippen MR) is 100 cm³/mol. The van der Waals surface area contributed by atoms with Crippen molar-refractivity contribution >= 4 is 5.78 Å². The lowest BCUT2D eigenvalue weighted by Crippen LogP contribution is -2.18. The number of nitrogens with zero attached hydrogens (tertiary/aromatic N) is 1. The quantitative estimate of drug-likeness (QED) is 0.742. The summed E-state index contributed by atoms with van der Waals surface area (Å²) in [5.41, 5.74) is 2.09. The molecule has 138 valence electrons. The highest BCUT2D eigenvalue weighted by Gasteiger charge is 2.20. The topological polar surface area (TPSA) is 57.5 Å². The summed E-state index contributed by atoms with van der Waals surface area (Å²) >= 11 is 0. The van der Waals surface area contributed by atoms with Gasteiger partial charge in [-0.1, -0.05) is 0 Å². The third-order valence-corrected chi connectivity index (χ3v) is 4.94. The van der Waals surface area contributed by atoms with E-state index in [1.54, 1.807) is 37.4 Å². The number of benzene rings is 1. The average molecular weight is 355 g/mol. The number of aryl methyl sites for hydroxylation is 2. The van der Waals surface area contributed by atoms with E-state index >= 15 is 0 Å². The Hall–Kier alpha value is -2.56. The minimum absolute atomic E-state index is 0.0289. The lowest BCUT2D eigenvalue weighted by Gasteiger charge is -2.17. The SMILES string of the molecule is COc1ccc(C(=O)Cn2c(C)cc(=O)cc2C)cc1OC1CCCC1. The molecule has 0 spiro atoms. The van der Waals surface area contributed by atoms with Crippen LogP contribution >= 0.6 is 0 Å². The first-order chi connectivity index (χ1) is 12.5. The Labute approximate surface area is 153 Å². The molecule has 1 heterocycles. The van der Waals surface area contributed by atoms with Gasteiger partial charge >= 0.3 is 0 Å². The van der Waals surface area contributed by atoms with Gasteiger partial charge in [0.05, 0.1) is 19.8 Å². The number of carbonyl (C=O) groups is 1. The van der Waals surface area contributed by atoms with Crippen molar-refractivity contribution in [2.45, 2.75) is 52.2 Å². The molecule has 1 aromatic carbocycles. The molecule has 0 unspecified atom stereocenters. The molecule has 1 aliphatic rings. The van der Waals surface area contributed by atoms with Gasteiger partial charge in [0.25, 0.3) is 0 Å². The first kappa shape index (κ1) is 18.2. The first-order valence-corrected chi connectivity index (χ1v) is 9.04. The Morgan fingerprint density at radius 2 is 1.73 bits per heavy atom. The molecule has 0 bridgehead atoms. The van der Waals surface area contributed by atoms with Crippen LogP contribution in [0.5, 0.6) is 11.5 Å². The van der Waals surface area contributed by atoms with E-state index in [2.05, 4.69) is 0 Å². The number of hydrogen-bond acceptors (Lipinski definition) is 4. The van der Waals surface area contributed by atoms with Gasteiger partial charge in [0.15, 0.2) is 22.7 Å². The van der Waals surface area contributed by atoms with E-state index < -0.39 is 0 Å². The summed E-state index contributed by atoms with van der Waals surface area (Å²) in [6, 6.07) is 8.40. The van der Waals surface area contributed by atoms with Gasteiger partial charge in [-0.05, 0) is 57.7 Å². The van der Waals surface area contributed by atoms with E-state index in [-0.39, 0.29) is 23.9 Å². The Morgan fingerprint density at radius 1 is 1.08 bits per heavy atom. The summed E-state index contributed by atoms with van der Waals surface area (Å²) in [4.78, 5) is 24.4. The van der Waals surface area contributed by atoms with E-state index in [9.17, 15) is 9.59 Å². The van der Waals surface area contributed by atoms with Gasteiger partial charge in [0, 0.05) is 29.1 Å². The number of hydrogen-bond donors (Lipinski definition) is 0. The Kier molecular flexibility index (Phi) is 5.45. The standard InChI is InChI=1S/C21H25NO4/c1-14-10-17(23)11-15(2)22(14)13-19(24)16-8-9-20(25-3)21(12-16)26-18-6-4-5-7-18/h8-12,18H,4-7,13H2,1-3H3. The molecular formula is C21H25NO4. The van der Waals surface area contributed by atoms with Crippen molar-refractivity contribution in [2.75, 3.05) is 7.11 Å². The van der Waals surface area contributed by atoms with Gasteiger partial charge in [0.1, 0.15) is 0 Å². The zero-order valence-electron chi connectivity index (χ0n) is 15.6. The van der Waals surface area contributed by atoms with Crippen molar-refractivity contribution in [3.8, 4) is 11.5 Å². The fraction of sp³-hybridized carbons (Fsp3) is 0.429. The van der Waals surface area contributed by atoms with E-state index in [4.69, 9.17) is 9.47 Å². The van der Waals surface area contributed by atoms with E-state index in [0.717, 1.165) is 24.2 Å². The summed E-state index contributed by atoms with van der Waals surface area (Å²) in [6.07, 6.45) is 4.62. The van der Waals surface area contributed by atoms with Crippen LogP contribution in [0.4, 0.5) is 0 Å². The van der Waals surface area contributed by atoms with Crippen LogP contribution in [-0.2, 0) is 6.54 Å². The van der Waals surface area contributed by atoms with Crippen LogP contribution in [0.3, 0.4) is 0 Å². The zero-order chi connectivity index (χ0) is 18.7. The third kappa shape index (κ3) is 3.98. The molecule has 5 heteroatoms. The van der Waals surface area contributed by atoms with Crippen LogP contribution in [0.1, 0.15) is 47.4 Å². The maximum atomic E-state index is 12.8. The van der Waals surface area contributed by atoms with Gasteiger partial charge in [-0.25, -0.2) is 0 Å². The van der Waals surface area contributed by atoms with Crippen molar-refractivity contribution < 1.29 is 14.3 Å². The Morgan fingerprint density at radius 3 is 2.35 bits per heavy atom. The Balaban J connectivity index is 1.84. The lowest BCUT2D eigenvalue weighted by atomic mass is 10.1. The molecule has 3 rings (SSSR count). The van der Waals surface area contributed by atoms with Gasteiger partial charge in [-0.2, -0.15) is 0 Å². The van der Waals surface area contributed by atoms with Crippen molar-refractivity contribution in [3.05, 3.63) is 57.5 Å². The molecule has 26 heavy (non-hydrogen) atoms. The number of methoxy groups -OCH3 is 1. The minimum atomic E-state index is -0.0413. The lowest BCUT2D eigenvalue weighted by molar-refractivity contribution is 0.0969. The largest absolute Gasteiger partial charge is 0.493 e. The summed E-state index contributed by atoms with van der Waals surface area (Å²) in [6.45, 7) is 3.86. The molecular weight excluding hydrogens is 330 g/mol. The first-order valence-electron chi connectivity index (χ1n) is 9.04. The van der Waals surface area contributed by atoms with Crippen molar-refractivity contribution in [1.82, 2.24) is 4.57 Å². The summed E-state index contributed by atoms with van der Waals surface area (Å²) in [7, 11) is 1.60. The molecule has 0 atom stereocenters. The molecule has 1 saturated carbocycles. The van der Waals surface area contributed by atoms with Crippen LogP contribution in [0.25, 0.3) is 0 Å². The molecule has 0 amide bonds. The van der Waals surface area contributed by atoms with E-state index in [1.807, 2.05) is 18.4 Å². The third-order valence-electron chi connectivity index (χ3n) is 4.94. The Bertz CT molecular complexity index is 837. The number of carbonyl (C=O) groups excluding carboxylic acids is 1. The average Bonchev–Trinajstić information content (AvgIpc) is 3.11. The summed E-state index contributed by atoms with van der Waals surface area (Å²) in [5.74, 6) is 1.24. The van der Waals surface area contributed by atoms with E-state index in [1.165, 1.54) is 12.8 Å². The molecule has 0 N–H and O–H groups in total. The molecule has 0 aliphatic heterocycles. The molecule has 5 nitrogen and oxygen atoms in total. The monoisotopic (exact) mass is 355 g/mol. The molecule has 1 aromatic heterocycles. The van der Waals surface area contributed by atoms with Crippen molar-refractivity contribution in [3.63, 3.8) is 0 Å². The highest BCUT2D eigenvalue weighted by molar-refractivity contribution is 5.96. The molecule has 1 aliphatic carbocycles. The summed E-state index contributed by atoms with van der Waals surface area (Å²) < 4.78 is 13.3. The minimum Gasteiger partial charge on any atom is -0.493 e. The van der Waals surface area contributed by atoms with Crippen LogP contribution in [0.2, 0.25) is 0 Å². The molecule has 2 aromatic rings. The fourth-order valence-corrected chi connectivity index (χ4v) is 3.50. The van der Waals surface area contributed by atoms with Crippen LogP contribution < -0.4 is 14.9 Å². The van der Waals surface area contributed by atoms with Gasteiger partial charge in [0.2, 0.25) is 0 Å². The second kappa shape index (κ2) is 7.77. The molecule has 0 radical (unpaired) electrons. The number of rotatable bonds is 6. The second-order valence-corrected chi connectivity index (χ2v) is 6.87. The van der Waals surface area contributed by atoms with Gasteiger partial charge in [-0.3, -0.25) is 9.59 Å². The molecule has 1 fully saturated rings.